The minimum Gasteiger partial charge on any atom is -0.361 e. The van der Waals surface area contributed by atoms with Crippen LogP contribution in [-0.2, 0) is 4.79 Å². The Labute approximate surface area is 92.5 Å². The molecule has 0 aliphatic carbocycles. The van der Waals surface area contributed by atoms with E-state index in [0.717, 1.165) is 37.3 Å². The highest BCUT2D eigenvalue weighted by Gasteiger charge is 2.30. The number of hydrogen-bond donors (Lipinski definition) is 1. The molecule has 0 saturated heterocycles. The molecule has 3 nitrogen and oxygen atoms in total. The van der Waals surface area contributed by atoms with Crippen LogP contribution in [0.5, 0.6) is 0 Å². The van der Waals surface area contributed by atoms with Crippen molar-refractivity contribution < 1.29 is 4.79 Å². The predicted octanol–water partition coefficient (Wildman–Crippen LogP) is 1.90. The largest absolute Gasteiger partial charge is 0.361 e. The highest BCUT2D eigenvalue weighted by molar-refractivity contribution is 6.01. The number of nitrogens with zero attached hydrogens (tertiary/aromatic N) is 1. The number of carbonyl (C=O) groups excluding carboxylic acids is 1. The number of carbonyl (C=O) groups is 1. The number of hydrogen-bond acceptors (Lipinski definition) is 3. The average molecular weight is 210 g/mol. The summed E-state index contributed by atoms with van der Waals surface area (Å²) in [5.74, 6) is 1.32. The van der Waals surface area contributed by atoms with Crippen molar-refractivity contribution in [1.82, 2.24) is 10.2 Å². The molecule has 1 atom stereocenters. The summed E-state index contributed by atoms with van der Waals surface area (Å²) in [5.41, 5.74) is 0.900. The van der Waals surface area contributed by atoms with Crippen LogP contribution in [0.2, 0.25) is 0 Å². The lowest BCUT2D eigenvalue weighted by atomic mass is 10.1. The molecule has 1 rings (SSSR count). The fraction of sp³-hybridized carbons (Fsp3) is 0.750. The molecule has 86 valence electrons. The second-order valence-electron chi connectivity index (χ2n) is 4.00. The maximum atomic E-state index is 11.9. The second kappa shape index (κ2) is 5.19. The Hall–Kier alpha value is -0.990. The van der Waals surface area contributed by atoms with E-state index < -0.39 is 0 Å². The summed E-state index contributed by atoms with van der Waals surface area (Å²) in [5, 5.41) is 3.35. The molecule has 0 aromatic heterocycles. The first kappa shape index (κ1) is 12.1. The minimum atomic E-state index is 0.0191. The fourth-order valence-corrected chi connectivity index (χ4v) is 2.08. The number of ketones is 1. The Bertz CT molecular complexity index is 267. The van der Waals surface area contributed by atoms with Crippen molar-refractivity contribution in [1.29, 1.82) is 0 Å². The van der Waals surface area contributed by atoms with Gasteiger partial charge in [0, 0.05) is 18.7 Å². The van der Waals surface area contributed by atoms with Crippen molar-refractivity contribution >= 4 is 5.78 Å². The van der Waals surface area contributed by atoms with Crippen molar-refractivity contribution in [2.45, 2.75) is 46.6 Å². The SMILES string of the molecule is CCCC1NC(N(CC)CC)=C(C)C1=O. The lowest BCUT2D eigenvalue weighted by Gasteiger charge is -2.24. The van der Waals surface area contributed by atoms with E-state index in [-0.39, 0.29) is 11.8 Å². The summed E-state index contributed by atoms with van der Waals surface area (Å²) in [6, 6.07) is 0.0191. The van der Waals surface area contributed by atoms with Crippen LogP contribution in [0.4, 0.5) is 0 Å². The molecule has 0 saturated carbocycles. The number of Topliss-reactive ketones (excluding diaryl/α,β-unsaturated/α-hetero) is 1. The second-order valence-corrected chi connectivity index (χ2v) is 4.00. The normalized spacial score (nSPS) is 20.8. The number of nitrogens with one attached hydrogen (secondary N) is 1. The van der Waals surface area contributed by atoms with E-state index in [1.54, 1.807) is 0 Å². The molecule has 0 radical (unpaired) electrons. The molecule has 15 heavy (non-hydrogen) atoms. The van der Waals surface area contributed by atoms with E-state index in [4.69, 9.17) is 0 Å². The molecule has 1 heterocycles. The maximum Gasteiger partial charge on any atom is 0.184 e. The third kappa shape index (κ3) is 2.33. The summed E-state index contributed by atoms with van der Waals surface area (Å²) in [6.45, 7) is 10.2. The van der Waals surface area contributed by atoms with Crippen LogP contribution in [0, 0.1) is 0 Å². The molecule has 0 fully saturated rings. The molecule has 0 amide bonds. The first-order chi connectivity index (χ1) is 7.15. The zero-order chi connectivity index (χ0) is 11.4. The van der Waals surface area contributed by atoms with Crippen molar-refractivity contribution in [3.8, 4) is 0 Å². The first-order valence-corrected chi connectivity index (χ1v) is 5.92. The van der Waals surface area contributed by atoms with Gasteiger partial charge in [-0.3, -0.25) is 4.79 Å². The van der Waals surface area contributed by atoms with Crippen molar-refractivity contribution in [3.63, 3.8) is 0 Å². The molecule has 1 unspecified atom stereocenters. The standard InChI is InChI=1S/C12H22N2O/c1-5-8-10-11(15)9(4)12(13-10)14(6-2)7-3/h10,13H,5-8H2,1-4H3. The van der Waals surface area contributed by atoms with Crippen LogP contribution in [0.25, 0.3) is 0 Å². The van der Waals surface area contributed by atoms with Gasteiger partial charge < -0.3 is 10.2 Å². The summed E-state index contributed by atoms with van der Waals surface area (Å²) in [4.78, 5) is 14.1. The lowest BCUT2D eigenvalue weighted by Crippen LogP contribution is -2.35. The predicted molar refractivity (Wildman–Crippen MR) is 62.5 cm³/mol. The molecule has 3 heteroatoms. The third-order valence-electron chi connectivity index (χ3n) is 3.01. The molecule has 1 aliphatic heterocycles. The van der Waals surface area contributed by atoms with Gasteiger partial charge in [-0.25, -0.2) is 0 Å². The topological polar surface area (TPSA) is 32.3 Å². The molecule has 0 spiro atoms. The molecular weight excluding hydrogens is 188 g/mol. The minimum absolute atomic E-state index is 0.0191. The van der Waals surface area contributed by atoms with Gasteiger partial charge in [0.1, 0.15) is 5.82 Å². The van der Waals surface area contributed by atoms with Crippen molar-refractivity contribution in [2.75, 3.05) is 13.1 Å². The van der Waals surface area contributed by atoms with Gasteiger partial charge in [0.25, 0.3) is 0 Å². The van der Waals surface area contributed by atoms with E-state index in [9.17, 15) is 4.79 Å². The first-order valence-electron chi connectivity index (χ1n) is 5.92. The highest BCUT2D eigenvalue weighted by Crippen LogP contribution is 2.20. The molecule has 1 aliphatic rings. The average Bonchev–Trinajstić information content (AvgIpc) is 2.50. The van der Waals surface area contributed by atoms with Crippen LogP contribution in [-0.4, -0.2) is 29.8 Å². The van der Waals surface area contributed by atoms with Crippen LogP contribution in [0.3, 0.4) is 0 Å². The van der Waals surface area contributed by atoms with E-state index in [1.165, 1.54) is 0 Å². The van der Waals surface area contributed by atoms with Crippen molar-refractivity contribution in [2.24, 2.45) is 0 Å². The summed E-state index contributed by atoms with van der Waals surface area (Å²) in [6.07, 6.45) is 1.98. The molecule has 1 N–H and O–H groups in total. The zero-order valence-electron chi connectivity index (χ0n) is 10.3. The van der Waals surface area contributed by atoms with Crippen LogP contribution in [0.1, 0.15) is 40.5 Å². The van der Waals surface area contributed by atoms with Gasteiger partial charge in [0.2, 0.25) is 0 Å². The molecule has 0 bridgehead atoms. The van der Waals surface area contributed by atoms with E-state index in [0.29, 0.717) is 0 Å². The molecule has 0 aromatic rings. The smallest absolute Gasteiger partial charge is 0.184 e. The van der Waals surface area contributed by atoms with Gasteiger partial charge in [0.15, 0.2) is 5.78 Å². The van der Waals surface area contributed by atoms with E-state index >= 15 is 0 Å². The van der Waals surface area contributed by atoms with Crippen LogP contribution in [0.15, 0.2) is 11.4 Å². The van der Waals surface area contributed by atoms with Gasteiger partial charge in [-0.1, -0.05) is 13.3 Å². The summed E-state index contributed by atoms with van der Waals surface area (Å²) < 4.78 is 0. The van der Waals surface area contributed by atoms with Crippen LogP contribution >= 0.6 is 0 Å². The summed E-state index contributed by atoms with van der Waals surface area (Å²) in [7, 11) is 0. The number of rotatable bonds is 5. The highest BCUT2D eigenvalue weighted by atomic mass is 16.1. The van der Waals surface area contributed by atoms with Gasteiger partial charge in [-0.05, 0) is 27.2 Å². The Morgan fingerprint density at radius 3 is 2.33 bits per heavy atom. The Morgan fingerprint density at radius 1 is 1.27 bits per heavy atom. The van der Waals surface area contributed by atoms with Gasteiger partial charge in [-0.15, -0.1) is 0 Å². The zero-order valence-corrected chi connectivity index (χ0v) is 10.3. The lowest BCUT2D eigenvalue weighted by molar-refractivity contribution is -0.116. The van der Waals surface area contributed by atoms with Crippen molar-refractivity contribution in [3.05, 3.63) is 11.4 Å². The third-order valence-corrected chi connectivity index (χ3v) is 3.01. The quantitative estimate of drug-likeness (QED) is 0.752. The maximum absolute atomic E-state index is 11.9. The van der Waals surface area contributed by atoms with Gasteiger partial charge >= 0.3 is 0 Å². The Kier molecular flexibility index (Phi) is 4.18. The molecule has 0 aromatic carbocycles. The summed E-state index contributed by atoms with van der Waals surface area (Å²) >= 11 is 0. The Balaban J connectivity index is 2.78. The monoisotopic (exact) mass is 210 g/mol. The van der Waals surface area contributed by atoms with Gasteiger partial charge in [0.05, 0.1) is 6.04 Å². The Morgan fingerprint density at radius 2 is 1.87 bits per heavy atom. The van der Waals surface area contributed by atoms with E-state index in [2.05, 4.69) is 31.0 Å². The van der Waals surface area contributed by atoms with Crippen LogP contribution < -0.4 is 5.32 Å². The molecular formula is C12H22N2O. The van der Waals surface area contributed by atoms with E-state index in [1.807, 2.05) is 6.92 Å². The van der Waals surface area contributed by atoms with Gasteiger partial charge in [-0.2, -0.15) is 0 Å². The fourth-order valence-electron chi connectivity index (χ4n) is 2.08.